The van der Waals surface area contributed by atoms with Crippen molar-refractivity contribution < 1.29 is 4.74 Å². The standard InChI is InChI=1S/C14H9NO/c15-8-10-7-12-6-5-11-3-1-2-4-13(11)14(12)16-9-10/h1-7H,9H2. The van der Waals surface area contributed by atoms with Crippen molar-refractivity contribution in [2.24, 2.45) is 0 Å². The summed E-state index contributed by atoms with van der Waals surface area (Å²) in [5.41, 5.74) is 1.66. The van der Waals surface area contributed by atoms with E-state index < -0.39 is 0 Å². The first-order valence-electron chi connectivity index (χ1n) is 5.14. The third-order valence-corrected chi connectivity index (χ3v) is 2.76. The molecule has 1 heterocycles. The molecular formula is C14H9NO. The second kappa shape index (κ2) is 3.39. The molecule has 76 valence electrons. The average molecular weight is 207 g/mol. The molecule has 0 saturated carbocycles. The summed E-state index contributed by atoms with van der Waals surface area (Å²) in [6.07, 6.45) is 1.89. The predicted octanol–water partition coefficient (Wildman–Crippen LogP) is 3.14. The average Bonchev–Trinajstić information content (AvgIpc) is 2.38. The Morgan fingerprint density at radius 1 is 1.12 bits per heavy atom. The van der Waals surface area contributed by atoms with E-state index in [4.69, 9.17) is 10.00 Å². The number of nitriles is 1. The van der Waals surface area contributed by atoms with Crippen molar-refractivity contribution in [3.63, 3.8) is 0 Å². The summed E-state index contributed by atoms with van der Waals surface area (Å²) in [6.45, 7) is 0.373. The molecule has 16 heavy (non-hydrogen) atoms. The highest BCUT2D eigenvalue weighted by Gasteiger charge is 2.13. The number of benzene rings is 2. The molecular weight excluding hydrogens is 198 g/mol. The Kier molecular flexibility index (Phi) is 1.91. The highest BCUT2D eigenvalue weighted by molar-refractivity contribution is 5.92. The number of hydrogen-bond donors (Lipinski definition) is 0. The van der Waals surface area contributed by atoms with Crippen molar-refractivity contribution in [1.82, 2.24) is 0 Å². The molecule has 2 nitrogen and oxygen atoms in total. The van der Waals surface area contributed by atoms with Gasteiger partial charge in [0.25, 0.3) is 0 Å². The van der Waals surface area contributed by atoms with Crippen molar-refractivity contribution >= 4 is 16.8 Å². The van der Waals surface area contributed by atoms with Crippen LogP contribution in [-0.4, -0.2) is 6.61 Å². The Morgan fingerprint density at radius 2 is 2.00 bits per heavy atom. The van der Waals surface area contributed by atoms with E-state index in [9.17, 15) is 0 Å². The largest absolute Gasteiger partial charge is 0.487 e. The lowest BCUT2D eigenvalue weighted by molar-refractivity contribution is 0.356. The predicted molar refractivity (Wildman–Crippen MR) is 63.0 cm³/mol. The van der Waals surface area contributed by atoms with Gasteiger partial charge in [0.15, 0.2) is 0 Å². The van der Waals surface area contributed by atoms with E-state index in [1.165, 1.54) is 0 Å². The van der Waals surface area contributed by atoms with Crippen molar-refractivity contribution in [2.75, 3.05) is 6.61 Å². The van der Waals surface area contributed by atoms with Crippen LogP contribution in [0.3, 0.4) is 0 Å². The minimum atomic E-state index is 0.373. The maximum Gasteiger partial charge on any atom is 0.134 e. The Bertz CT molecular complexity index is 635. The van der Waals surface area contributed by atoms with Crippen LogP contribution in [0.25, 0.3) is 16.8 Å². The second-order valence-electron chi connectivity index (χ2n) is 3.78. The highest BCUT2D eigenvalue weighted by Crippen LogP contribution is 2.33. The van der Waals surface area contributed by atoms with Gasteiger partial charge in [0.1, 0.15) is 12.4 Å². The monoisotopic (exact) mass is 207 g/mol. The van der Waals surface area contributed by atoms with E-state index in [2.05, 4.69) is 12.1 Å². The Hall–Kier alpha value is -2.27. The summed E-state index contributed by atoms with van der Waals surface area (Å²) in [7, 11) is 0. The van der Waals surface area contributed by atoms with Gasteiger partial charge >= 0.3 is 0 Å². The van der Waals surface area contributed by atoms with Gasteiger partial charge in [-0.15, -0.1) is 0 Å². The summed E-state index contributed by atoms with van der Waals surface area (Å²) in [4.78, 5) is 0. The van der Waals surface area contributed by atoms with Gasteiger partial charge in [0.2, 0.25) is 0 Å². The Labute approximate surface area is 93.4 Å². The molecule has 1 aliphatic rings. The van der Waals surface area contributed by atoms with Gasteiger partial charge in [0, 0.05) is 10.9 Å². The van der Waals surface area contributed by atoms with Gasteiger partial charge in [-0.05, 0) is 11.5 Å². The van der Waals surface area contributed by atoms with E-state index in [0.29, 0.717) is 12.2 Å². The van der Waals surface area contributed by atoms with Crippen LogP contribution in [0.4, 0.5) is 0 Å². The molecule has 0 spiro atoms. The van der Waals surface area contributed by atoms with E-state index in [0.717, 1.165) is 22.1 Å². The van der Waals surface area contributed by atoms with Gasteiger partial charge in [-0.2, -0.15) is 5.26 Å². The van der Waals surface area contributed by atoms with Crippen LogP contribution in [0.1, 0.15) is 5.56 Å². The van der Waals surface area contributed by atoms with E-state index in [1.807, 2.05) is 36.4 Å². The summed E-state index contributed by atoms with van der Waals surface area (Å²) in [5.74, 6) is 0.886. The lowest BCUT2D eigenvalue weighted by atomic mass is 10.0. The number of fused-ring (bicyclic) bond motifs is 3. The molecule has 0 N–H and O–H groups in total. The Morgan fingerprint density at radius 3 is 2.88 bits per heavy atom. The van der Waals surface area contributed by atoms with Crippen LogP contribution in [0.5, 0.6) is 5.75 Å². The number of rotatable bonds is 0. The first kappa shape index (κ1) is 8.99. The lowest BCUT2D eigenvalue weighted by Crippen LogP contribution is -2.06. The van der Waals surface area contributed by atoms with Crippen LogP contribution in [0, 0.1) is 11.3 Å². The van der Waals surface area contributed by atoms with Crippen LogP contribution >= 0.6 is 0 Å². The third kappa shape index (κ3) is 1.26. The Balaban J connectivity index is 2.31. The number of nitrogens with zero attached hydrogens (tertiary/aromatic N) is 1. The zero-order valence-electron chi connectivity index (χ0n) is 8.60. The molecule has 0 fully saturated rings. The molecule has 0 saturated heterocycles. The van der Waals surface area contributed by atoms with Crippen molar-refractivity contribution in [2.45, 2.75) is 0 Å². The zero-order valence-corrected chi connectivity index (χ0v) is 8.60. The summed E-state index contributed by atoms with van der Waals surface area (Å²) in [5, 5.41) is 11.1. The molecule has 2 heteroatoms. The van der Waals surface area contributed by atoms with Gasteiger partial charge in [0.05, 0.1) is 11.6 Å². The second-order valence-corrected chi connectivity index (χ2v) is 3.78. The summed E-state index contributed by atoms with van der Waals surface area (Å²) >= 11 is 0. The normalized spacial score (nSPS) is 13.6. The SMILES string of the molecule is N#CC1=Cc2ccc3ccccc3c2OC1. The van der Waals surface area contributed by atoms with Gasteiger partial charge < -0.3 is 4.74 Å². The molecule has 0 aromatic heterocycles. The number of ether oxygens (including phenoxy) is 1. The minimum Gasteiger partial charge on any atom is -0.487 e. The molecule has 0 aliphatic carbocycles. The van der Waals surface area contributed by atoms with Crippen LogP contribution in [-0.2, 0) is 0 Å². The van der Waals surface area contributed by atoms with Crippen molar-refractivity contribution in [1.29, 1.82) is 5.26 Å². The number of hydrogen-bond acceptors (Lipinski definition) is 2. The molecule has 0 atom stereocenters. The molecule has 2 aromatic rings. The van der Waals surface area contributed by atoms with E-state index in [-0.39, 0.29) is 0 Å². The summed E-state index contributed by atoms with van der Waals surface area (Å²) in [6, 6.07) is 14.3. The molecule has 2 aromatic carbocycles. The first-order valence-corrected chi connectivity index (χ1v) is 5.14. The van der Waals surface area contributed by atoms with Crippen LogP contribution < -0.4 is 4.74 Å². The molecule has 0 radical (unpaired) electrons. The lowest BCUT2D eigenvalue weighted by Gasteiger charge is -2.16. The molecule has 3 rings (SSSR count). The summed E-state index contributed by atoms with van der Waals surface area (Å²) < 4.78 is 5.65. The van der Waals surface area contributed by atoms with Crippen LogP contribution in [0.2, 0.25) is 0 Å². The smallest absolute Gasteiger partial charge is 0.134 e. The fourth-order valence-corrected chi connectivity index (χ4v) is 1.98. The van der Waals surface area contributed by atoms with E-state index >= 15 is 0 Å². The fourth-order valence-electron chi connectivity index (χ4n) is 1.98. The minimum absolute atomic E-state index is 0.373. The molecule has 0 unspecified atom stereocenters. The topological polar surface area (TPSA) is 33.0 Å². The quantitative estimate of drug-likeness (QED) is 0.664. The zero-order chi connectivity index (χ0) is 11.0. The van der Waals surface area contributed by atoms with Crippen molar-refractivity contribution in [3.05, 3.63) is 47.5 Å². The fraction of sp³-hybridized carbons (Fsp3) is 0.0714. The highest BCUT2D eigenvalue weighted by atomic mass is 16.5. The van der Waals surface area contributed by atoms with Gasteiger partial charge in [-0.1, -0.05) is 36.4 Å². The van der Waals surface area contributed by atoms with Crippen LogP contribution in [0.15, 0.2) is 42.0 Å². The molecule has 0 amide bonds. The molecule has 0 bridgehead atoms. The van der Waals surface area contributed by atoms with Crippen molar-refractivity contribution in [3.8, 4) is 11.8 Å². The third-order valence-electron chi connectivity index (χ3n) is 2.76. The maximum atomic E-state index is 8.83. The first-order chi connectivity index (χ1) is 7.88. The molecule has 1 aliphatic heterocycles. The van der Waals surface area contributed by atoms with Gasteiger partial charge in [-0.3, -0.25) is 0 Å². The maximum absolute atomic E-state index is 8.83. The van der Waals surface area contributed by atoms with Gasteiger partial charge in [-0.25, -0.2) is 0 Å². The van der Waals surface area contributed by atoms with E-state index in [1.54, 1.807) is 0 Å².